The summed E-state index contributed by atoms with van der Waals surface area (Å²) in [6, 6.07) is 9.24. The molecular formula is C22H29N5O. The average Bonchev–Trinajstić information content (AvgIpc) is 3.34. The number of aromatic nitrogens is 2. The van der Waals surface area contributed by atoms with Crippen LogP contribution in [0, 0.1) is 0 Å². The third-order valence-corrected chi connectivity index (χ3v) is 5.45. The second-order valence-electron chi connectivity index (χ2n) is 7.66. The molecule has 0 amide bonds. The SMILES string of the molecule is CCCCOc1nc(N)c2c(n1)C(Cc1ccc(CN3CCCC3)cc1)=NC2. The Morgan fingerprint density at radius 2 is 1.82 bits per heavy atom. The van der Waals surface area contributed by atoms with Gasteiger partial charge in [-0.2, -0.15) is 9.97 Å². The fraction of sp³-hybridized carbons (Fsp3) is 0.500. The summed E-state index contributed by atoms with van der Waals surface area (Å²) >= 11 is 0. The number of nitrogens with two attached hydrogens (primary N) is 1. The lowest BCUT2D eigenvalue weighted by atomic mass is 10.0. The minimum absolute atomic E-state index is 0.361. The van der Waals surface area contributed by atoms with Crippen LogP contribution in [-0.4, -0.2) is 40.3 Å². The summed E-state index contributed by atoms with van der Waals surface area (Å²) < 4.78 is 5.67. The summed E-state index contributed by atoms with van der Waals surface area (Å²) in [6.07, 6.45) is 5.45. The monoisotopic (exact) mass is 379 g/mol. The third-order valence-electron chi connectivity index (χ3n) is 5.45. The molecule has 0 bridgehead atoms. The lowest BCUT2D eigenvalue weighted by Crippen LogP contribution is -2.18. The maximum Gasteiger partial charge on any atom is 0.318 e. The highest BCUT2D eigenvalue weighted by Crippen LogP contribution is 2.26. The highest BCUT2D eigenvalue weighted by Gasteiger charge is 2.23. The van der Waals surface area contributed by atoms with E-state index in [2.05, 4.69) is 51.0 Å². The van der Waals surface area contributed by atoms with Crippen molar-refractivity contribution in [1.29, 1.82) is 0 Å². The fourth-order valence-corrected chi connectivity index (χ4v) is 3.79. The summed E-state index contributed by atoms with van der Waals surface area (Å²) in [7, 11) is 0. The van der Waals surface area contributed by atoms with Gasteiger partial charge in [0.25, 0.3) is 0 Å². The van der Waals surface area contributed by atoms with Gasteiger partial charge in [-0.15, -0.1) is 0 Å². The van der Waals surface area contributed by atoms with Gasteiger partial charge in [0.05, 0.1) is 24.6 Å². The zero-order valence-corrected chi connectivity index (χ0v) is 16.7. The van der Waals surface area contributed by atoms with Crippen molar-refractivity contribution in [2.24, 2.45) is 4.99 Å². The lowest BCUT2D eigenvalue weighted by Gasteiger charge is -2.14. The van der Waals surface area contributed by atoms with Gasteiger partial charge < -0.3 is 10.5 Å². The molecule has 6 heteroatoms. The number of anilines is 1. The van der Waals surface area contributed by atoms with E-state index in [-0.39, 0.29) is 0 Å². The number of nitrogens with zero attached hydrogens (tertiary/aromatic N) is 4. The van der Waals surface area contributed by atoms with Crippen LogP contribution in [0.4, 0.5) is 5.82 Å². The van der Waals surface area contributed by atoms with Crippen molar-refractivity contribution < 1.29 is 4.74 Å². The summed E-state index contributed by atoms with van der Waals surface area (Å²) in [6.45, 7) is 6.78. The largest absolute Gasteiger partial charge is 0.463 e. The van der Waals surface area contributed by atoms with Crippen LogP contribution >= 0.6 is 0 Å². The molecular weight excluding hydrogens is 350 g/mol. The zero-order valence-electron chi connectivity index (χ0n) is 16.7. The molecule has 0 saturated carbocycles. The quantitative estimate of drug-likeness (QED) is 0.712. The van der Waals surface area contributed by atoms with Gasteiger partial charge in [0.15, 0.2) is 0 Å². The van der Waals surface area contributed by atoms with Crippen LogP contribution in [0.5, 0.6) is 6.01 Å². The second-order valence-corrected chi connectivity index (χ2v) is 7.66. The number of fused-ring (bicyclic) bond motifs is 1. The predicted molar refractivity (Wildman–Crippen MR) is 112 cm³/mol. The molecule has 2 aliphatic heterocycles. The highest BCUT2D eigenvalue weighted by atomic mass is 16.5. The molecule has 0 unspecified atom stereocenters. The third kappa shape index (κ3) is 4.33. The molecule has 0 radical (unpaired) electrons. The number of aliphatic imine (C=N–C) groups is 1. The summed E-state index contributed by atoms with van der Waals surface area (Å²) in [5.74, 6) is 0.483. The lowest BCUT2D eigenvalue weighted by molar-refractivity contribution is 0.285. The van der Waals surface area contributed by atoms with Crippen molar-refractivity contribution in [2.75, 3.05) is 25.4 Å². The van der Waals surface area contributed by atoms with Gasteiger partial charge in [0.2, 0.25) is 0 Å². The maximum atomic E-state index is 6.12. The minimum Gasteiger partial charge on any atom is -0.463 e. The Bertz CT molecular complexity index is 841. The maximum absolute atomic E-state index is 6.12. The second kappa shape index (κ2) is 8.69. The first-order chi connectivity index (χ1) is 13.7. The van der Waals surface area contributed by atoms with Gasteiger partial charge >= 0.3 is 6.01 Å². The van der Waals surface area contributed by atoms with Gasteiger partial charge in [-0.3, -0.25) is 9.89 Å². The van der Waals surface area contributed by atoms with Crippen molar-refractivity contribution in [2.45, 2.75) is 52.1 Å². The molecule has 1 aromatic carbocycles. The van der Waals surface area contributed by atoms with Crippen LogP contribution in [-0.2, 0) is 19.5 Å². The molecule has 1 saturated heterocycles. The van der Waals surface area contributed by atoms with E-state index in [1.165, 1.54) is 37.1 Å². The predicted octanol–water partition coefficient (Wildman–Crippen LogP) is 3.38. The van der Waals surface area contributed by atoms with Crippen LogP contribution in [0.25, 0.3) is 0 Å². The standard InChI is InChI=1S/C22H29N5O/c1-2-3-12-28-22-25-20-18(21(23)26-22)14-24-19(20)13-16-6-8-17(9-7-16)15-27-10-4-5-11-27/h6-9H,2-5,10-15H2,1H3,(H2,23,25,26). The number of unbranched alkanes of at least 4 members (excludes halogenated alkanes) is 1. The van der Waals surface area contributed by atoms with E-state index in [0.717, 1.165) is 42.8 Å². The topological polar surface area (TPSA) is 76.6 Å². The van der Waals surface area contributed by atoms with E-state index in [9.17, 15) is 0 Å². The molecule has 2 N–H and O–H groups in total. The van der Waals surface area contributed by atoms with E-state index in [0.29, 0.717) is 25.0 Å². The van der Waals surface area contributed by atoms with Crippen molar-refractivity contribution in [3.05, 3.63) is 46.6 Å². The molecule has 28 heavy (non-hydrogen) atoms. The number of likely N-dealkylation sites (tertiary alicyclic amines) is 1. The molecule has 6 nitrogen and oxygen atoms in total. The Labute approximate surface area is 166 Å². The molecule has 2 aliphatic rings. The van der Waals surface area contributed by atoms with Crippen molar-refractivity contribution in [1.82, 2.24) is 14.9 Å². The first-order valence-corrected chi connectivity index (χ1v) is 10.4. The van der Waals surface area contributed by atoms with E-state index in [4.69, 9.17) is 10.5 Å². The van der Waals surface area contributed by atoms with Crippen LogP contribution in [0.3, 0.4) is 0 Å². The molecule has 148 valence electrons. The molecule has 0 atom stereocenters. The van der Waals surface area contributed by atoms with Crippen LogP contribution in [0.15, 0.2) is 29.3 Å². The van der Waals surface area contributed by atoms with E-state index >= 15 is 0 Å². The number of hydrogen-bond acceptors (Lipinski definition) is 6. The minimum atomic E-state index is 0.361. The van der Waals surface area contributed by atoms with Gasteiger partial charge in [-0.25, -0.2) is 0 Å². The smallest absolute Gasteiger partial charge is 0.318 e. The van der Waals surface area contributed by atoms with Gasteiger partial charge in [-0.1, -0.05) is 37.6 Å². The average molecular weight is 380 g/mol. The summed E-state index contributed by atoms with van der Waals surface area (Å²) in [4.78, 5) is 16.1. The van der Waals surface area contributed by atoms with Gasteiger partial charge in [0.1, 0.15) is 5.82 Å². The highest BCUT2D eigenvalue weighted by molar-refractivity contribution is 6.04. The number of rotatable bonds is 8. The number of hydrogen-bond donors (Lipinski definition) is 1. The molecule has 3 heterocycles. The number of nitrogen functional groups attached to an aromatic ring is 1. The Balaban J connectivity index is 1.43. The fourth-order valence-electron chi connectivity index (χ4n) is 3.79. The number of ether oxygens (including phenoxy) is 1. The van der Waals surface area contributed by atoms with Crippen molar-refractivity contribution in [3.63, 3.8) is 0 Å². The first-order valence-electron chi connectivity index (χ1n) is 10.4. The molecule has 0 aliphatic carbocycles. The first kappa shape index (κ1) is 18.9. The summed E-state index contributed by atoms with van der Waals surface area (Å²) in [5, 5.41) is 0. The van der Waals surface area contributed by atoms with E-state index < -0.39 is 0 Å². The zero-order chi connectivity index (χ0) is 19.3. The van der Waals surface area contributed by atoms with Crippen LogP contribution in [0.1, 0.15) is 55.0 Å². The van der Waals surface area contributed by atoms with E-state index in [1.807, 2.05) is 0 Å². The van der Waals surface area contributed by atoms with Crippen LogP contribution < -0.4 is 10.5 Å². The molecule has 0 spiro atoms. The number of benzene rings is 1. The van der Waals surface area contributed by atoms with Gasteiger partial charge in [-0.05, 0) is 43.5 Å². The van der Waals surface area contributed by atoms with Crippen molar-refractivity contribution in [3.8, 4) is 6.01 Å². The van der Waals surface area contributed by atoms with E-state index in [1.54, 1.807) is 0 Å². The van der Waals surface area contributed by atoms with Crippen molar-refractivity contribution >= 4 is 11.5 Å². The summed E-state index contributed by atoms with van der Waals surface area (Å²) in [5.41, 5.74) is 11.5. The Morgan fingerprint density at radius 3 is 2.57 bits per heavy atom. The molecule has 1 aromatic heterocycles. The molecule has 4 rings (SSSR count). The Hall–Kier alpha value is -2.47. The van der Waals surface area contributed by atoms with Gasteiger partial charge in [0, 0.05) is 18.5 Å². The van der Waals surface area contributed by atoms with Crippen LogP contribution in [0.2, 0.25) is 0 Å². The Kier molecular flexibility index (Phi) is 5.86. The Morgan fingerprint density at radius 1 is 1.07 bits per heavy atom. The molecule has 1 fully saturated rings. The molecule has 2 aromatic rings. The normalized spacial score (nSPS) is 16.2.